The summed E-state index contributed by atoms with van der Waals surface area (Å²) >= 11 is 3.25. The number of anilines is 2. The van der Waals surface area contributed by atoms with Crippen molar-refractivity contribution in [2.45, 2.75) is 0 Å². The van der Waals surface area contributed by atoms with Crippen molar-refractivity contribution in [2.24, 2.45) is 0 Å². The van der Waals surface area contributed by atoms with Crippen LogP contribution in [0, 0.1) is 0 Å². The van der Waals surface area contributed by atoms with Gasteiger partial charge in [0.1, 0.15) is 4.60 Å². The monoisotopic (exact) mass is 331 g/mol. The van der Waals surface area contributed by atoms with Crippen LogP contribution < -0.4 is 11.5 Å². The molecule has 0 aliphatic rings. The van der Waals surface area contributed by atoms with Crippen molar-refractivity contribution in [1.82, 2.24) is 25.1 Å². The molecule has 0 saturated heterocycles. The Labute approximate surface area is 122 Å². The minimum Gasteiger partial charge on any atom is -0.399 e. The molecule has 1 aromatic carbocycles. The van der Waals surface area contributed by atoms with Crippen molar-refractivity contribution in [2.75, 3.05) is 11.5 Å². The number of halogens is 1. The largest absolute Gasteiger partial charge is 0.399 e. The van der Waals surface area contributed by atoms with Crippen LogP contribution in [0.5, 0.6) is 0 Å². The lowest BCUT2D eigenvalue weighted by molar-refractivity contribution is 1.08. The Kier molecular flexibility index (Phi) is 3.07. The van der Waals surface area contributed by atoms with Crippen LogP contribution in [-0.2, 0) is 0 Å². The number of hydrogen-bond acceptors (Lipinski definition) is 6. The average molecular weight is 332 g/mol. The zero-order valence-electron chi connectivity index (χ0n) is 10.2. The molecule has 0 saturated carbocycles. The van der Waals surface area contributed by atoms with E-state index in [1.54, 1.807) is 12.1 Å². The van der Waals surface area contributed by atoms with Crippen molar-refractivity contribution in [3.63, 3.8) is 0 Å². The Hall–Kier alpha value is -2.48. The number of nitrogens with zero attached hydrogens (tertiary/aromatic N) is 4. The highest BCUT2D eigenvalue weighted by atomic mass is 79.9. The Morgan fingerprint density at radius 3 is 2.80 bits per heavy atom. The van der Waals surface area contributed by atoms with Gasteiger partial charge in [0.05, 0.1) is 6.20 Å². The fourth-order valence-electron chi connectivity index (χ4n) is 1.73. The van der Waals surface area contributed by atoms with E-state index in [4.69, 9.17) is 11.5 Å². The minimum absolute atomic E-state index is 0.281. The van der Waals surface area contributed by atoms with Crippen molar-refractivity contribution in [1.29, 1.82) is 0 Å². The first-order chi connectivity index (χ1) is 9.63. The topological polar surface area (TPSA) is 119 Å². The van der Waals surface area contributed by atoms with Crippen molar-refractivity contribution in [3.05, 3.63) is 35.1 Å². The molecule has 100 valence electrons. The summed E-state index contributed by atoms with van der Waals surface area (Å²) in [6, 6.07) is 7.31. The van der Waals surface area contributed by atoms with E-state index in [0.29, 0.717) is 27.6 Å². The second-order valence-electron chi connectivity index (χ2n) is 4.06. The van der Waals surface area contributed by atoms with Gasteiger partial charge in [-0.25, -0.2) is 15.0 Å². The van der Waals surface area contributed by atoms with Crippen molar-refractivity contribution < 1.29 is 0 Å². The summed E-state index contributed by atoms with van der Waals surface area (Å²) in [5, 5.41) is 6.95. The van der Waals surface area contributed by atoms with E-state index < -0.39 is 0 Å². The molecular formula is C12H10BrN7. The number of rotatable bonds is 2. The molecule has 0 radical (unpaired) electrons. The van der Waals surface area contributed by atoms with Crippen LogP contribution in [0.3, 0.4) is 0 Å². The van der Waals surface area contributed by atoms with Gasteiger partial charge in [0, 0.05) is 11.3 Å². The molecule has 0 unspecified atom stereocenters. The lowest BCUT2D eigenvalue weighted by Crippen LogP contribution is -1.98. The zero-order chi connectivity index (χ0) is 14.1. The second kappa shape index (κ2) is 4.89. The Morgan fingerprint density at radius 1 is 1.15 bits per heavy atom. The van der Waals surface area contributed by atoms with Gasteiger partial charge in [-0.2, -0.15) is 5.10 Å². The molecule has 0 amide bonds. The molecule has 0 spiro atoms. The van der Waals surface area contributed by atoms with Crippen LogP contribution in [0.25, 0.3) is 22.9 Å². The molecule has 20 heavy (non-hydrogen) atoms. The first-order valence-corrected chi connectivity index (χ1v) is 6.49. The van der Waals surface area contributed by atoms with Gasteiger partial charge in [-0.05, 0) is 28.1 Å². The van der Waals surface area contributed by atoms with E-state index in [1.165, 1.54) is 6.20 Å². The lowest BCUT2D eigenvalue weighted by atomic mass is 10.2. The molecule has 0 atom stereocenters. The Bertz CT molecular complexity index is 768. The predicted molar refractivity (Wildman–Crippen MR) is 79.4 cm³/mol. The lowest BCUT2D eigenvalue weighted by Gasteiger charge is -2.00. The highest BCUT2D eigenvalue weighted by Crippen LogP contribution is 2.23. The number of aromatic amines is 1. The fraction of sp³-hybridized carbons (Fsp3) is 0. The van der Waals surface area contributed by atoms with Gasteiger partial charge in [-0.3, -0.25) is 5.10 Å². The smallest absolute Gasteiger partial charge is 0.181 e. The number of benzene rings is 1. The van der Waals surface area contributed by atoms with Crippen LogP contribution in [-0.4, -0.2) is 25.1 Å². The maximum Gasteiger partial charge on any atom is 0.181 e. The molecule has 0 fully saturated rings. The first kappa shape index (κ1) is 12.5. The van der Waals surface area contributed by atoms with Gasteiger partial charge in [0.15, 0.2) is 23.2 Å². The van der Waals surface area contributed by atoms with Crippen LogP contribution in [0.4, 0.5) is 11.5 Å². The van der Waals surface area contributed by atoms with E-state index in [9.17, 15) is 0 Å². The molecule has 0 aliphatic carbocycles. The highest BCUT2D eigenvalue weighted by molar-refractivity contribution is 9.10. The number of nitrogen functional groups attached to an aromatic ring is 2. The van der Waals surface area contributed by atoms with E-state index >= 15 is 0 Å². The number of nitrogens with two attached hydrogens (primary N) is 2. The van der Waals surface area contributed by atoms with Gasteiger partial charge in [-0.1, -0.05) is 12.1 Å². The van der Waals surface area contributed by atoms with Crippen LogP contribution in [0.15, 0.2) is 35.1 Å². The Balaban J connectivity index is 2.04. The van der Waals surface area contributed by atoms with Crippen LogP contribution in [0.1, 0.15) is 0 Å². The van der Waals surface area contributed by atoms with Gasteiger partial charge in [0.2, 0.25) is 0 Å². The number of aromatic nitrogens is 5. The van der Waals surface area contributed by atoms with Crippen LogP contribution in [0.2, 0.25) is 0 Å². The SMILES string of the molecule is Nc1cccc(-c2n[nH]c(-c3nc(Br)cnc3N)n2)c1. The van der Waals surface area contributed by atoms with Crippen molar-refractivity contribution >= 4 is 27.4 Å². The predicted octanol–water partition coefficient (Wildman–Crippen LogP) is 1.86. The van der Waals surface area contributed by atoms with E-state index in [0.717, 1.165) is 5.56 Å². The maximum absolute atomic E-state index is 5.79. The molecule has 5 N–H and O–H groups in total. The van der Waals surface area contributed by atoms with Gasteiger partial charge in [-0.15, -0.1) is 0 Å². The highest BCUT2D eigenvalue weighted by Gasteiger charge is 2.13. The molecule has 8 heteroatoms. The third-order valence-electron chi connectivity index (χ3n) is 2.63. The molecular weight excluding hydrogens is 322 g/mol. The van der Waals surface area contributed by atoms with E-state index in [1.807, 2.05) is 12.1 Å². The molecule has 7 nitrogen and oxygen atoms in total. The molecule has 0 aliphatic heterocycles. The summed E-state index contributed by atoms with van der Waals surface area (Å²) in [6.07, 6.45) is 1.52. The number of nitrogens with one attached hydrogen (secondary N) is 1. The summed E-state index contributed by atoms with van der Waals surface area (Å²) in [5.41, 5.74) is 13.4. The number of hydrogen-bond donors (Lipinski definition) is 3. The summed E-state index contributed by atoms with van der Waals surface area (Å²) in [5.74, 6) is 1.26. The summed E-state index contributed by atoms with van der Waals surface area (Å²) in [4.78, 5) is 12.6. The van der Waals surface area contributed by atoms with Crippen molar-refractivity contribution in [3.8, 4) is 22.9 Å². The maximum atomic E-state index is 5.79. The summed E-state index contributed by atoms with van der Waals surface area (Å²) in [6.45, 7) is 0. The number of H-pyrrole nitrogens is 1. The normalized spacial score (nSPS) is 10.7. The Morgan fingerprint density at radius 2 is 2.00 bits per heavy atom. The van der Waals surface area contributed by atoms with E-state index in [2.05, 4.69) is 41.1 Å². The molecule has 2 aromatic heterocycles. The fourth-order valence-corrected chi connectivity index (χ4v) is 2.01. The summed E-state index contributed by atoms with van der Waals surface area (Å²) in [7, 11) is 0. The minimum atomic E-state index is 0.281. The zero-order valence-corrected chi connectivity index (χ0v) is 11.8. The third-order valence-corrected chi connectivity index (χ3v) is 3.01. The first-order valence-electron chi connectivity index (χ1n) is 5.70. The van der Waals surface area contributed by atoms with Gasteiger partial charge >= 0.3 is 0 Å². The van der Waals surface area contributed by atoms with Gasteiger partial charge in [0.25, 0.3) is 0 Å². The second-order valence-corrected chi connectivity index (χ2v) is 4.87. The third kappa shape index (κ3) is 2.32. The standard InChI is InChI=1S/C12H10BrN7/c13-8-5-16-10(15)9(17-8)12-18-11(19-20-12)6-2-1-3-7(14)4-6/h1-5H,14H2,(H2,15,16)(H,18,19,20). The van der Waals surface area contributed by atoms with Crippen LogP contribution >= 0.6 is 15.9 Å². The molecule has 0 bridgehead atoms. The average Bonchev–Trinajstić information content (AvgIpc) is 2.91. The molecule has 2 heterocycles. The van der Waals surface area contributed by atoms with Gasteiger partial charge < -0.3 is 11.5 Å². The molecule has 3 rings (SSSR count). The summed E-state index contributed by atoms with van der Waals surface area (Å²) < 4.78 is 0.573. The quantitative estimate of drug-likeness (QED) is 0.616. The van der Waals surface area contributed by atoms with E-state index in [-0.39, 0.29) is 5.82 Å². The molecule has 3 aromatic rings.